The van der Waals surface area contributed by atoms with E-state index in [1.165, 1.54) is 0 Å². The molecule has 0 bridgehead atoms. The standard InChI is InChI=1S/C8H15N2/c1-8(2)6-10(3)5-4-9-7-10/h4-5,7-8H,6H2,1-3H3/q+1. The fourth-order valence-electron chi connectivity index (χ4n) is 1.31. The van der Waals surface area contributed by atoms with Crippen molar-refractivity contribution >= 4 is 6.34 Å². The van der Waals surface area contributed by atoms with Crippen molar-refractivity contribution in [1.82, 2.24) is 0 Å². The van der Waals surface area contributed by atoms with E-state index in [0.717, 1.165) is 16.9 Å². The fraction of sp³-hybridized carbons (Fsp3) is 0.625. The molecule has 0 aliphatic carbocycles. The van der Waals surface area contributed by atoms with E-state index in [1.807, 2.05) is 12.5 Å². The Hall–Kier alpha value is -0.630. The summed E-state index contributed by atoms with van der Waals surface area (Å²) in [6.07, 6.45) is 5.95. The van der Waals surface area contributed by atoms with Crippen LogP contribution in [0.15, 0.2) is 17.4 Å². The first kappa shape index (κ1) is 7.48. The molecule has 1 aliphatic rings. The average Bonchev–Trinajstić information content (AvgIpc) is 2.12. The topological polar surface area (TPSA) is 12.4 Å². The van der Waals surface area contributed by atoms with Crippen LogP contribution in [-0.2, 0) is 0 Å². The summed E-state index contributed by atoms with van der Waals surface area (Å²) in [6.45, 7) is 5.59. The van der Waals surface area contributed by atoms with Crippen LogP contribution in [0.3, 0.4) is 0 Å². The van der Waals surface area contributed by atoms with Crippen molar-refractivity contribution in [1.29, 1.82) is 0 Å². The molecule has 1 atom stereocenters. The van der Waals surface area contributed by atoms with Crippen molar-refractivity contribution < 1.29 is 4.48 Å². The molecule has 1 heterocycles. The Morgan fingerprint density at radius 2 is 2.20 bits per heavy atom. The van der Waals surface area contributed by atoms with Crippen LogP contribution in [0.25, 0.3) is 0 Å². The van der Waals surface area contributed by atoms with E-state index in [0.29, 0.717) is 0 Å². The molecule has 56 valence electrons. The minimum Gasteiger partial charge on any atom is -0.256 e. The van der Waals surface area contributed by atoms with Gasteiger partial charge >= 0.3 is 0 Å². The second kappa shape index (κ2) is 2.54. The largest absolute Gasteiger partial charge is 0.256 e. The SMILES string of the molecule is CC(C)C[N+]1(C)C=CN=C1. The van der Waals surface area contributed by atoms with Gasteiger partial charge in [-0.05, 0) is 0 Å². The van der Waals surface area contributed by atoms with Gasteiger partial charge in [0.2, 0.25) is 0 Å². The van der Waals surface area contributed by atoms with Gasteiger partial charge in [0.15, 0.2) is 6.34 Å². The highest BCUT2D eigenvalue weighted by Crippen LogP contribution is 2.10. The van der Waals surface area contributed by atoms with Gasteiger partial charge in [-0.15, -0.1) is 0 Å². The van der Waals surface area contributed by atoms with Gasteiger partial charge in [-0.3, -0.25) is 4.48 Å². The van der Waals surface area contributed by atoms with Crippen LogP contribution in [-0.4, -0.2) is 24.4 Å². The van der Waals surface area contributed by atoms with Crippen LogP contribution in [0.1, 0.15) is 13.8 Å². The highest BCUT2D eigenvalue weighted by atomic mass is 15.3. The number of hydrogen-bond acceptors (Lipinski definition) is 1. The average molecular weight is 139 g/mol. The van der Waals surface area contributed by atoms with Gasteiger partial charge in [-0.1, -0.05) is 13.8 Å². The van der Waals surface area contributed by atoms with E-state index < -0.39 is 0 Å². The van der Waals surface area contributed by atoms with E-state index in [9.17, 15) is 0 Å². The second-order valence-electron chi connectivity index (χ2n) is 3.49. The smallest absolute Gasteiger partial charge is 0.194 e. The molecule has 0 fully saturated rings. The lowest BCUT2D eigenvalue weighted by molar-refractivity contribution is -0.760. The molecule has 0 N–H and O–H groups in total. The molecule has 2 nitrogen and oxygen atoms in total. The molecule has 0 aromatic carbocycles. The van der Waals surface area contributed by atoms with Crippen molar-refractivity contribution in [3.63, 3.8) is 0 Å². The quantitative estimate of drug-likeness (QED) is 0.515. The maximum absolute atomic E-state index is 4.06. The molecular weight excluding hydrogens is 124 g/mol. The third kappa shape index (κ3) is 1.67. The van der Waals surface area contributed by atoms with Crippen LogP contribution in [0, 0.1) is 5.92 Å². The molecule has 1 rings (SSSR count). The van der Waals surface area contributed by atoms with Gasteiger partial charge in [-0.2, -0.15) is 0 Å². The molecule has 0 radical (unpaired) electrons. The normalized spacial score (nSPS) is 30.4. The third-order valence-electron chi connectivity index (χ3n) is 1.58. The Kier molecular flexibility index (Phi) is 1.90. The molecular formula is C8H15N2+. The summed E-state index contributed by atoms with van der Waals surface area (Å²) < 4.78 is 0.859. The van der Waals surface area contributed by atoms with E-state index in [4.69, 9.17) is 0 Å². The number of aliphatic imine (C=N–C) groups is 1. The number of nitrogens with zero attached hydrogens (tertiary/aromatic N) is 2. The lowest BCUT2D eigenvalue weighted by Crippen LogP contribution is -2.38. The minimum absolute atomic E-state index is 0.721. The predicted molar refractivity (Wildman–Crippen MR) is 43.5 cm³/mol. The van der Waals surface area contributed by atoms with Crippen LogP contribution in [0.4, 0.5) is 0 Å². The van der Waals surface area contributed by atoms with E-state index in [2.05, 4.69) is 32.1 Å². The van der Waals surface area contributed by atoms with Crippen molar-refractivity contribution in [2.75, 3.05) is 13.6 Å². The first-order chi connectivity index (χ1) is 4.62. The molecule has 0 saturated heterocycles. The summed E-state index contributed by atoms with van der Waals surface area (Å²) in [5, 5.41) is 0. The third-order valence-corrected chi connectivity index (χ3v) is 1.58. The molecule has 0 aromatic heterocycles. The molecule has 0 spiro atoms. The van der Waals surface area contributed by atoms with Crippen molar-refractivity contribution in [3.05, 3.63) is 12.4 Å². The molecule has 1 aliphatic heterocycles. The molecule has 0 saturated carbocycles. The summed E-state index contributed by atoms with van der Waals surface area (Å²) in [5.74, 6) is 0.721. The summed E-state index contributed by atoms with van der Waals surface area (Å²) in [4.78, 5) is 4.06. The number of quaternary nitrogens is 1. The monoisotopic (exact) mass is 139 g/mol. The van der Waals surface area contributed by atoms with Gasteiger partial charge < -0.3 is 0 Å². The lowest BCUT2D eigenvalue weighted by atomic mass is 10.2. The second-order valence-corrected chi connectivity index (χ2v) is 3.49. The van der Waals surface area contributed by atoms with Gasteiger partial charge in [0.25, 0.3) is 0 Å². The lowest BCUT2D eigenvalue weighted by Gasteiger charge is -2.23. The summed E-state index contributed by atoms with van der Waals surface area (Å²) >= 11 is 0. The predicted octanol–water partition coefficient (Wildman–Crippen LogP) is 1.60. The van der Waals surface area contributed by atoms with E-state index in [1.54, 1.807) is 0 Å². The van der Waals surface area contributed by atoms with Crippen LogP contribution in [0.5, 0.6) is 0 Å². The zero-order chi connectivity index (χ0) is 7.61. The summed E-state index contributed by atoms with van der Waals surface area (Å²) in [6, 6.07) is 0. The maximum atomic E-state index is 4.06. The fourth-order valence-corrected chi connectivity index (χ4v) is 1.31. The van der Waals surface area contributed by atoms with E-state index in [-0.39, 0.29) is 0 Å². The van der Waals surface area contributed by atoms with Crippen LogP contribution >= 0.6 is 0 Å². The van der Waals surface area contributed by atoms with Crippen molar-refractivity contribution in [2.45, 2.75) is 13.8 Å². The molecule has 1 unspecified atom stereocenters. The highest BCUT2D eigenvalue weighted by molar-refractivity contribution is 5.50. The molecule has 0 amide bonds. The summed E-state index contributed by atoms with van der Waals surface area (Å²) in [7, 11) is 2.16. The van der Waals surface area contributed by atoms with Crippen LogP contribution < -0.4 is 0 Å². The Morgan fingerprint density at radius 1 is 1.50 bits per heavy atom. The first-order valence-electron chi connectivity index (χ1n) is 3.69. The van der Waals surface area contributed by atoms with Gasteiger partial charge in [-0.25, -0.2) is 4.99 Å². The Balaban J connectivity index is 2.53. The van der Waals surface area contributed by atoms with Crippen LogP contribution in [0.2, 0.25) is 0 Å². The number of hydrogen-bond donors (Lipinski definition) is 0. The maximum Gasteiger partial charge on any atom is 0.194 e. The van der Waals surface area contributed by atoms with Crippen molar-refractivity contribution in [3.8, 4) is 0 Å². The Morgan fingerprint density at radius 3 is 2.60 bits per heavy atom. The van der Waals surface area contributed by atoms with Crippen molar-refractivity contribution in [2.24, 2.45) is 10.9 Å². The molecule has 0 aromatic rings. The molecule has 2 heteroatoms. The van der Waals surface area contributed by atoms with Gasteiger partial charge in [0, 0.05) is 5.92 Å². The minimum atomic E-state index is 0.721. The molecule has 10 heavy (non-hydrogen) atoms. The first-order valence-corrected chi connectivity index (χ1v) is 3.69. The number of rotatable bonds is 2. The van der Waals surface area contributed by atoms with E-state index >= 15 is 0 Å². The Bertz CT molecular complexity index is 156. The zero-order valence-electron chi connectivity index (χ0n) is 6.91. The zero-order valence-corrected chi connectivity index (χ0v) is 6.91. The Labute approximate surface area is 62.5 Å². The van der Waals surface area contributed by atoms with Gasteiger partial charge in [0.1, 0.15) is 6.20 Å². The highest BCUT2D eigenvalue weighted by Gasteiger charge is 2.20. The van der Waals surface area contributed by atoms with Gasteiger partial charge in [0.05, 0.1) is 19.8 Å². The summed E-state index contributed by atoms with van der Waals surface area (Å²) in [5.41, 5.74) is 0.